The molecule has 1 aliphatic carbocycles. The number of ether oxygens (including phenoxy) is 2. The summed E-state index contributed by atoms with van der Waals surface area (Å²) in [5.74, 6) is 2.78. The minimum absolute atomic E-state index is 0.0376. The molecule has 1 aliphatic rings. The number of hydrogen-bond donors (Lipinski definition) is 2. The maximum Gasteiger partial charge on any atom is 0.119 e. The number of rotatable bonds is 8. The van der Waals surface area contributed by atoms with E-state index in [0.29, 0.717) is 25.0 Å². The maximum atomic E-state index is 8.84. The zero-order chi connectivity index (χ0) is 18.2. The molecule has 0 aliphatic heterocycles. The van der Waals surface area contributed by atoms with Crippen LogP contribution in [0.5, 0.6) is 11.5 Å². The molecule has 0 bridgehead atoms. The Bertz CT molecular complexity index is 593. The first-order chi connectivity index (χ1) is 12.8. The highest BCUT2D eigenvalue weighted by molar-refractivity contribution is 5.32. The van der Waals surface area contributed by atoms with Crippen LogP contribution in [0.1, 0.15) is 48.6 Å². The van der Waals surface area contributed by atoms with Crippen molar-refractivity contribution in [2.24, 2.45) is 0 Å². The molecule has 0 spiro atoms. The molecule has 0 heterocycles. The highest BCUT2D eigenvalue weighted by Crippen LogP contribution is 2.41. The van der Waals surface area contributed by atoms with Crippen LogP contribution in [0.15, 0.2) is 48.5 Å². The standard InChI is InChI=1S/C22H28O4/c23-12-14-25-21-8-4-17(5-9-21)19-2-1-3-20(16-19)18-6-10-22(11-7-18)26-15-13-24/h4-11,19-20,23-24H,1-3,12-16H2. The molecule has 2 aromatic rings. The molecule has 26 heavy (non-hydrogen) atoms. The molecule has 2 N–H and O–H groups in total. The summed E-state index contributed by atoms with van der Waals surface area (Å²) in [7, 11) is 0. The third-order valence-corrected chi connectivity index (χ3v) is 5.10. The minimum Gasteiger partial charge on any atom is -0.491 e. The first kappa shape index (κ1) is 18.7. The molecule has 0 amide bonds. The van der Waals surface area contributed by atoms with Crippen molar-refractivity contribution in [3.8, 4) is 11.5 Å². The van der Waals surface area contributed by atoms with E-state index in [2.05, 4.69) is 24.3 Å². The molecule has 2 unspecified atom stereocenters. The van der Waals surface area contributed by atoms with E-state index in [-0.39, 0.29) is 13.2 Å². The van der Waals surface area contributed by atoms with E-state index < -0.39 is 0 Å². The Hall–Kier alpha value is -2.04. The fourth-order valence-electron chi connectivity index (χ4n) is 3.79. The number of hydrogen-bond acceptors (Lipinski definition) is 4. The Morgan fingerprint density at radius 1 is 0.692 bits per heavy atom. The number of aliphatic hydroxyl groups is 2. The summed E-state index contributed by atoms with van der Waals surface area (Å²) >= 11 is 0. The highest BCUT2D eigenvalue weighted by atomic mass is 16.5. The van der Waals surface area contributed by atoms with Crippen LogP contribution in [-0.2, 0) is 0 Å². The van der Waals surface area contributed by atoms with Crippen LogP contribution in [0.4, 0.5) is 0 Å². The second kappa shape index (κ2) is 9.60. The van der Waals surface area contributed by atoms with Gasteiger partial charge in [-0.3, -0.25) is 0 Å². The van der Waals surface area contributed by atoms with Gasteiger partial charge in [0.25, 0.3) is 0 Å². The van der Waals surface area contributed by atoms with Gasteiger partial charge in [0.05, 0.1) is 13.2 Å². The lowest BCUT2D eigenvalue weighted by Gasteiger charge is -2.30. The van der Waals surface area contributed by atoms with E-state index in [9.17, 15) is 0 Å². The second-order valence-electron chi connectivity index (χ2n) is 6.84. The summed E-state index contributed by atoms with van der Waals surface area (Å²) in [6.45, 7) is 0.748. The van der Waals surface area contributed by atoms with Crippen molar-refractivity contribution in [2.45, 2.75) is 37.5 Å². The molecule has 3 rings (SSSR count). The van der Waals surface area contributed by atoms with Crippen molar-refractivity contribution in [2.75, 3.05) is 26.4 Å². The van der Waals surface area contributed by atoms with Crippen molar-refractivity contribution in [3.63, 3.8) is 0 Å². The third-order valence-electron chi connectivity index (χ3n) is 5.10. The summed E-state index contributed by atoms with van der Waals surface area (Å²) in [6.07, 6.45) is 4.85. The molecule has 4 nitrogen and oxygen atoms in total. The number of benzene rings is 2. The summed E-state index contributed by atoms with van der Waals surface area (Å²) in [5.41, 5.74) is 2.74. The lowest BCUT2D eigenvalue weighted by atomic mass is 9.75. The summed E-state index contributed by atoms with van der Waals surface area (Å²) < 4.78 is 10.9. The van der Waals surface area contributed by atoms with Crippen molar-refractivity contribution >= 4 is 0 Å². The Kier molecular flexibility index (Phi) is 6.92. The third kappa shape index (κ3) is 4.99. The first-order valence-corrected chi connectivity index (χ1v) is 9.47. The second-order valence-corrected chi connectivity index (χ2v) is 6.84. The van der Waals surface area contributed by atoms with Gasteiger partial charge in [-0.15, -0.1) is 0 Å². The van der Waals surface area contributed by atoms with Crippen molar-refractivity contribution < 1.29 is 19.7 Å². The van der Waals surface area contributed by atoms with Crippen LogP contribution >= 0.6 is 0 Å². The fraction of sp³-hybridized carbons (Fsp3) is 0.455. The minimum atomic E-state index is 0.0376. The van der Waals surface area contributed by atoms with Crippen LogP contribution in [0.3, 0.4) is 0 Å². The van der Waals surface area contributed by atoms with E-state index in [0.717, 1.165) is 17.9 Å². The lowest BCUT2D eigenvalue weighted by Crippen LogP contribution is -2.13. The lowest BCUT2D eigenvalue weighted by molar-refractivity contribution is 0.201. The quantitative estimate of drug-likeness (QED) is 0.754. The molecular formula is C22H28O4. The molecule has 2 aromatic carbocycles. The highest BCUT2D eigenvalue weighted by Gasteiger charge is 2.24. The zero-order valence-corrected chi connectivity index (χ0v) is 15.1. The van der Waals surface area contributed by atoms with Gasteiger partial charge < -0.3 is 19.7 Å². The topological polar surface area (TPSA) is 58.9 Å². The van der Waals surface area contributed by atoms with Crippen LogP contribution in [-0.4, -0.2) is 36.6 Å². The van der Waals surface area contributed by atoms with Crippen molar-refractivity contribution in [1.29, 1.82) is 0 Å². The van der Waals surface area contributed by atoms with Crippen molar-refractivity contribution in [1.82, 2.24) is 0 Å². The molecule has 0 radical (unpaired) electrons. The van der Waals surface area contributed by atoms with Gasteiger partial charge in [0.1, 0.15) is 24.7 Å². The monoisotopic (exact) mass is 356 g/mol. The van der Waals surface area contributed by atoms with Crippen molar-refractivity contribution in [3.05, 3.63) is 59.7 Å². The fourth-order valence-corrected chi connectivity index (χ4v) is 3.79. The van der Waals surface area contributed by atoms with Gasteiger partial charge >= 0.3 is 0 Å². The number of aliphatic hydroxyl groups excluding tert-OH is 2. The van der Waals surface area contributed by atoms with Gasteiger partial charge in [-0.1, -0.05) is 30.7 Å². The summed E-state index contributed by atoms with van der Waals surface area (Å²) in [6, 6.07) is 16.6. The van der Waals surface area contributed by atoms with Gasteiger partial charge in [0.15, 0.2) is 0 Å². The maximum absolute atomic E-state index is 8.84. The SMILES string of the molecule is OCCOc1ccc(C2CCCC(c3ccc(OCCO)cc3)C2)cc1. The van der Waals surface area contributed by atoms with Gasteiger partial charge in [0, 0.05) is 0 Å². The zero-order valence-electron chi connectivity index (χ0n) is 15.1. The molecular weight excluding hydrogens is 328 g/mol. The molecule has 0 aromatic heterocycles. The van der Waals surface area contributed by atoms with Crippen LogP contribution in [0.25, 0.3) is 0 Å². The average molecular weight is 356 g/mol. The Morgan fingerprint density at radius 3 is 1.50 bits per heavy atom. The molecule has 2 atom stereocenters. The Morgan fingerprint density at radius 2 is 1.12 bits per heavy atom. The van der Waals surface area contributed by atoms with E-state index >= 15 is 0 Å². The van der Waals surface area contributed by atoms with Crippen LogP contribution in [0.2, 0.25) is 0 Å². The van der Waals surface area contributed by atoms with E-state index in [1.54, 1.807) is 0 Å². The normalized spacial score (nSPS) is 19.9. The Balaban J connectivity index is 1.61. The molecule has 1 fully saturated rings. The van der Waals surface area contributed by atoms with E-state index in [1.165, 1.54) is 30.4 Å². The van der Waals surface area contributed by atoms with E-state index in [1.807, 2.05) is 24.3 Å². The average Bonchev–Trinajstić information content (AvgIpc) is 2.71. The first-order valence-electron chi connectivity index (χ1n) is 9.47. The summed E-state index contributed by atoms with van der Waals surface area (Å²) in [4.78, 5) is 0. The molecule has 4 heteroatoms. The van der Waals surface area contributed by atoms with Crippen LogP contribution < -0.4 is 9.47 Å². The molecule has 1 saturated carbocycles. The van der Waals surface area contributed by atoms with Gasteiger partial charge in [-0.2, -0.15) is 0 Å². The van der Waals surface area contributed by atoms with Gasteiger partial charge in [-0.25, -0.2) is 0 Å². The smallest absolute Gasteiger partial charge is 0.119 e. The largest absolute Gasteiger partial charge is 0.491 e. The van der Waals surface area contributed by atoms with E-state index in [4.69, 9.17) is 19.7 Å². The summed E-state index contributed by atoms with van der Waals surface area (Å²) in [5, 5.41) is 17.7. The Labute approximate surface area is 155 Å². The molecule has 140 valence electrons. The predicted molar refractivity (Wildman–Crippen MR) is 102 cm³/mol. The van der Waals surface area contributed by atoms with Crippen LogP contribution in [0, 0.1) is 0 Å². The predicted octanol–water partition coefficient (Wildman–Crippen LogP) is 3.87. The van der Waals surface area contributed by atoms with Gasteiger partial charge in [-0.05, 0) is 66.5 Å². The van der Waals surface area contributed by atoms with Gasteiger partial charge in [0.2, 0.25) is 0 Å². The molecule has 0 saturated heterocycles.